The van der Waals surface area contributed by atoms with Gasteiger partial charge in [-0.05, 0) is 79.6 Å². The number of halogens is 2. The summed E-state index contributed by atoms with van der Waals surface area (Å²) < 4.78 is 32.2. The van der Waals surface area contributed by atoms with Gasteiger partial charge in [-0.3, -0.25) is 14.7 Å². The Kier molecular flexibility index (Phi) is 8.70. The number of ether oxygens (including phenoxy) is 1. The van der Waals surface area contributed by atoms with Gasteiger partial charge in [-0.2, -0.15) is 0 Å². The zero-order valence-electron chi connectivity index (χ0n) is 20.7. The van der Waals surface area contributed by atoms with Crippen molar-refractivity contribution in [3.05, 3.63) is 71.4 Å². The van der Waals surface area contributed by atoms with Gasteiger partial charge in [0.25, 0.3) is 0 Å². The molecular formula is C29H30F2N2O4. The van der Waals surface area contributed by atoms with Crippen molar-refractivity contribution >= 4 is 16.9 Å². The summed E-state index contributed by atoms with van der Waals surface area (Å²) in [5, 5.41) is 21.3. The molecule has 1 aliphatic rings. The van der Waals surface area contributed by atoms with E-state index in [1.54, 1.807) is 13.3 Å². The van der Waals surface area contributed by atoms with E-state index in [1.165, 1.54) is 12.1 Å². The monoisotopic (exact) mass is 508 g/mol. The molecule has 2 N–H and O–H groups in total. The van der Waals surface area contributed by atoms with E-state index in [2.05, 4.69) is 21.7 Å². The predicted octanol–water partition coefficient (Wildman–Crippen LogP) is 4.80. The van der Waals surface area contributed by atoms with Crippen LogP contribution in [0.2, 0.25) is 0 Å². The van der Waals surface area contributed by atoms with Crippen LogP contribution < -0.4 is 4.74 Å². The number of aliphatic hydroxyl groups is 1. The van der Waals surface area contributed by atoms with Gasteiger partial charge in [-0.15, -0.1) is 0 Å². The van der Waals surface area contributed by atoms with Crippen LogP contribution in [0.15, 0.2) is 48.7 Å². The van der Waals surface area contributed by atoms with Crippen molar-refractivity contribution in [1.82, 2.24) is 9.88 Å². The smallest absolute Gasteiger partial charge is 0.303 e. The van der Waals surface area contributed by atoms with Crippen LogP contribution in [0.25, 0.3) is 10.9 Å². The van der Waals surface area contributed by atoms with E-state index in [-0.39, 0.29) is 23.8 Å². The number of methoxy groups -OCH3 is 1. The lowest BCUT2D eigenvalue weighted by Gasteiger charge is -2.37. The summed E-state index contributed by atoms with van der Waals surface area (Å²) in [5.41, 5.74) is 1.68. The number of aromatic nitrogens is 1. The number of carboxylic acid groups (broad SMARTS) is 1. The molecule has 37 heavy (non-hydrogen) atoms. The highest BCUT2D eigenvalue weighted by atomic mass is 19.1. The van der Waals surface area contributed by atoms with Gasteiger partial charge in [-0.25, -0.2) is 8.78 Å². The number of pyridine rings is 1. The van der Waals surface area contributed by atoms with E-state index in [1.807, 2.05) is 24.3 Å². The molecule has 0 radical (unpaired) electrons. The van der Waals surface area contributed by atoms with E-state index in [9.17, 15) is 23.8 Å². The van der Waals surface area contributed by atoms with Gasteiger partial charge in [-0.1, -0.05) is 11.8 Å². The van der Waals surface area contributed by atoms with E-state index in [0.717, 1.165) is 35.5 Å². The molecule has 4 rings (SSSR count). The standard InChI is InChI=1S/C29H30F2N2O4/c1-37-23-7-8-27-25(17-23)24(10-12-32-27)28(34)9-5-19-11-14-33(18-21(19)15-29(35)36)13-2-3-20-4-6-22(30)16-26(20)31/h4,6-8,10,12,16-17,19,21,28,34H,5,9,11,13-15,18H2,1H3,(H,35,36)/t19-,21+,28-/m1/s1. The largest absolute Gasteiger partial charge is 0.497 e. The zero-order valence-corrected chi connectivity index (χ0v) is 20.7. The molecule has 1 saturated heterocycles. The molecule has 8 heteroatoms. The third-order valence-electron chi connectivity index (χ3n) is 7.02. The van der Waals surface area contributed by atoms with Crippen LogP contribution in [0.3, 0.4) is 0 Å². The normalized spacial score (nSPS) is 18.7. The summed E-state index contributed by atoms with van der Waals surface area (Å²) in [4.78, 5) is 18.0. The lowest BCUT2D eigenvalue weighted by Crippen LogP contribution is -2.41. The summed E-state index contributed by atoms with van der Waals surface area (Å²) >= 11 is 0. The highest BCUT2D eigenvalue weighted by Gasteiger charge is 2.31. The van der Waals surface area contributed by atoms with Crippen molar-refractivity contribution < 1.29 is 28.5 Å². The van der Waals surface area contributed by atoms with Gasteiger partial charge in [0.05, 0.1) is 30.8 Å². The van der Waals surface area contributed by atoms with E-state index in [4.69, 9.17) is 4.74 Å². The Bertz CT molecular complexity index is 1320. The molecule has 0 saturated carbocycles. The number of benzene rings is 2. The molecule has 2 heterocycles. The first kappa shape index (κ1) is 26.5. The molecule has 1 aliphatic heterocycles. The molecule has 0 unspecified atom stereocenters. The minimum Gasteiger partial charge on any atom is -0.497 e. The van der Waals surface area contributed by atoms with Crippen LogP contribution in [0.1, 0.15) is 42.9 Å². The molecule has 3 aromatic rings. The SMILES string of the molecule is COc1ccc2nccc([C@H](O)CC[C@@H]3CCN(CC#Cc4ccc(F)cc4F)C[C@@H]3CC(=O)O)c2c1. The summed E-state index contributed by atoms with van der Waals surface area (Å²) in [5.74, 6) is 4.21. The maximum absolute atomic E-state index is 13.8. The molecule has 3 atom stereocenters. The van der Waals surface area contributed by atoms with E-state index < -0.39 is 23.7 Å². The van der Waals surface area contributed by atoms with Crippen molar-refractivity contribution in [3.8, 4) is 17.6 Å². The number of carbonyl (C=O) groups is 1. The second kappa shape index (κ2) is 12.1. The summed E-state index contributed by atoms with van der Waals surface area (Å²) in [6.07, 6.45) is 2.97. The zero-order chi connectivity index (χ0) is 26.4. The van der Waals surface area contributed by atoms with Crippen molar-refractivity contribution in [3.63, 3.8) is 0 Å². The molecule has 0 amide bonds. The van der Waals surface area contributed by atoms with Crippen molar-refractivity contribution in [2.75, 3.05) is 26.7 Å². The van der Waals surface area contributed by atoms with Crippen molar-refractivity contribution in [2.45, 2.75) is 31.8 Å². The summed E-state index contributed by atoms with van der Waals surface area (Å²) in [6.45, 7) is 1.66. The second-order valence-electron chi connectivity index (χ2n) is 9.44. The number of aliphatic hydroxyl groups excluding tert-OH is 1. The quantitative estimate of drug-likeness (QED) is 0.426. The Labute approximate surface area is 214 Å². The molecule has 0 spiro atoms. The maximum atomic E-state index is 13.8. The highest BCUT2D eigenvalue weighted by Crippen LogP contribution is 2.34. The number of nitrogens with zero attached hydrogens (tertiary/aromatic N) is 2. The van der Waals surface area contributed by atoms with Gasteiger partial charge in [0.15, 0.2) is 0 Å². The minimum absolute atomic E-state index is 0.0344. The highest BCUT2D eigenvalue weighted by molar-refractivity contribution is 5.83. The Morgan fingerprint density at radius 2 is 2.05 bits per heavy atom. The Morgan fingerprint density at radius 1 is 1.22 bits per heavy atom. The number of hydrogen-bond acceptors (Lipinski definition) is 5. The third-order valence-corrected chi connectivity index (χ3v) is 7.02. The maximum Gasteiger partial charge on any atom is 0.303 e. The number of hydrogen-bond donors (Lipinski definition) is 2. The Balaban J connectivity index is 1.39. The number of fused-ring (bicyclic) bond motifs is 1. The van der Waals surface area contributed by atoms with Crippen LogP contribution >= 0.6 is 0 Å². The van der Waals surface area contributed by atoms with Crippen molar-refractivity contribution in [2.24, 2.45) is 11.8 Å². The van der Waals surface area contributed by atoms with Gasteiger partial charge < -0.3 is 14.9 Å². The molecule has 1 fully saturated rings. The number of likely N-dealkylation sites (tertiary alicyclic amines) is 1. The van der Waals surface area contributed by atoms with E-state index >= 15 is 0 Å². The van der Waals surface area contributed by atoms with E-state index in [0.29, 0.717) is 31.7 Å². The van der Waals surface area contributed by atoms with Crippen LogP contribution in [0.5, 0.6) is 5.75 Å². The number of carboxylic acids is 1. The molecule has 2 aromatic carbocycles. The number of rotatable bonds is 8. The fourth-order valence-electron chi connectivity index (χ4n) is 5.06. The lowest BCUT2D eigenvalue weighted by atomic mass is 9.79. The number of piperidine rings is 1. The summed E-state index contributed by atoms with van der Waals surface area (Å²) in [7, 11) is 1.59. The summed E-state index contributed by atoms with van der Waals surface area (Å²) in [6, 6.07) is 10.6. The van der Waals surface area contributed by atoms with Crippen LogP contribution in [0, 0.1) is 35.3 Å². The fraction of sp³-hybridized carbons (Fsp3) is 0.379. The van der Waals surface area contributed by atoms with Gasteiger partial charge >= 0.3 is 5.97 Å². The van der Waals surface area contributed by atoms with Crippen LogP contribution in [0.4, 0.5) is 8.78 Å². The third kappa shape index (κ3) is 6.82. The molecule has 194 valence electrons. The first-order chi connectivity index (χ1) is 17.8. The Morgan fingerprint density at radius 3 is 2.81 bits per heavy atom. The lowest BCUT2D eigenvalue weighted by molar-refractivity contribution is -0.139. The van der Waals surface area contributed by atoms with Crippen molar-refractivity contribution in [1.29, 1.82) is 0 Å². The number of aliphatic carboxylic acids is 1. The molecule has 0 bridgehead atoms. The Hall–Kier alpha value is -3.54. The van der Waals surface area contributed by atoms with Crippen LogP contribution in [-0.2, 0) is 4.79 Å². The molecule has 0 aliphatic carbocycles. The topological polar surface area (TPSA) is 82.9 Å². The average Bonchev–Trinajstić information content (AvgIpc) is 2.88. The minimum atomic E-state index is -0.857. The molecular weight excluding hydrogens is 478 g/mol. The van der Waals surface area contributed by atoms with Crippen LogP contribution in [-0.4, -0.2) is 52.8 Å². The van der Waals surface area contributed by atoms with Gasteiger partial charge in [0.2, 0.25) is 0 Å². The fourth-order valence-corrected chi connectivity index (χ4v) is 5.06. The first-order valence-electron chi connectivity index (χ1n) is 12.3. The van der Waals surface area contributed by atoms with Gasteiger partial charge in [0.1, 0.15) is 17.4 Å². The molecule has 6 nitrogen and oxygen atoms in total. The molecule has 1 aromatic heterocycles. The predicted molar refractivity (Wildman–Crippen MR) is 136 cm³/mol. The first-order valence-corrected chi connectivity index (χ1v) is 12.3. The second-order valence-corrected chi connectivity index (χ2v) is 9.44. The van der Waals surface area contributed by atoms with Gasteiger partial charge in [0, 0.05) is 30.6 Å². The average molecular weight is 509 g/mol.